The van der Waals surface area contributed by atoms with Crippen molar-refractivity contribution in [2.75, 3.05) is 13.2 Å². The molecule has 6 rings (SSSR count). The predicted molar refractivity (Wildman–Crippen MR) is 144 cm³/mol. The maximum absolute atomic E-state index is 13.7. The maximum atomic E-state index is 13.7. The van der Waals surface area contributed by atoms with Crippen molar-refractivity contribution in [1.82, 2.24) is 29.7 Å². The van der Waals surface area contributed by atoms with Crippen LogP contribution < -0.4 is 10.1 Å². The second-order valence-electron chi connectivity index (χ2n) is 10.4. The molecule has 38 heavy (non-hydrogen) atoms. The lowest BCUT2D eigenvalue weighted by atomic mass is 9.99. The standard InChI is InChI=1S/C28H34N6O3S/c1-4-19-22(11-10-21(31-19)28(36)30-18-8-9-18)37-15-24(35)34-14-12-20-25(33-13-6-5-7-23(33)32-20)26(34)27-16(2)29-17(3)38-27/h10-11,18,26H,4-9,12-15H2,1-3H3,(H,30,36). The first kappa shape index (κ1) is 25.0. The topological polar surface area (TPSA) is 102 Å². The number of carbonyl (C=O) groups is 2. The van der Waals surface area contributed by atoms with Crippen LogP contribution in [0.3, 0.4) is 0 Å². The van der Waals surface area contributed by atoms with Gasteiger partial charge >= 0.3 is 0 Å². The fraction of sp³-hybridized carbons (Fsp3) is 0.536. The molecule has 0 radical (unpaired) electrons. The molecule has 200 valence electrons. The fourth-order valence-corrected chi connectivity index (χ4v) is 6.64. The zero-order valence-corrected chi connectivity index (χ0v) is 23.1. The molecule has 2 aliphatic heterocycles. The lowest BCUT2D eigenvalue weighted by molar-refractivity contribution is -0.135. The molecule has 1 saturated carbocycles. The van der Waals surface area contributed by atoms with Gasteiger partial charge < -0.3 is 19.5 Å². The van der Waals surface area contributed by atoms with Crippen LogP contribution in [-0.2, 0) is 30.6 Å². The van der Waals surface area contributed by atoms with Gasteiger partial charge in [-0.15, -0.1) is 11.3 Å². The number of pyridine rings is 1. The van der Waals surface area contributed by atoms with Crippen LogP contribution in [0.25, 0.3) is 0 Å². The van der Waals surface area contributed by atoms with Gasteiger partial charge in [0.1, 0.15) is 23.3 Å². The molecular weight excluding hydrogens is 500 g/mol. The Morgan fingerprint density at radius 2 is 1.95 bits per heavy atom. The largest absolute Gasteiger partial charge is 0.482 e. The van der Waals surface area contributed by atoms with Crippen molar-refractivity contribution in [3.05, 3.63) is 56.3 Å². The average molecular weight is 535 g/mol. The second kappa shape index (κ2) is 10.1. The van der Waals surface area contributed by atoms with E-state index in [9.17, 15) is 9.59 Å². The van der Waals surface area contributed by atoms with Crippen molar-refractivity contribution >= 4 is 23.2 Å². The Morgan fingerprint density at radius 1 is 1.11 bits per heavy atom. The highest BCUT2D eigenvalue weighted by molar-refractivity contribution is 7.11. The average Bonchev–Trinajstić information content (AvgIpc) is 3.56. The lowest BCUT2D eigenvalue weighted by Crippen LogP contribution is -2.43. The number of hydrogen-bond donors (Lipinski definition) is 1. The van der Waals surface area contributed by atoms with E-state index in [2.05, 4.69) is 19.9 Å². The minimum Gasteiger partial charge on any atom is -0.482 e. The number of aryl methyl sites for hydroxylation is 4. The molecule has 9 nitrogen and oxygen atoms in total. The van der Waals surface area contributed by atoms with Crippen molar-refractivity contribution in [2.24, 2.45) is 0 Å². The molecule has 1 fully saturated rings. The Labute approximate surface area is 226 Å². The number of nitrogens with one attached hydrogen (secondary N) is 1. The first-order chi connectivity index (χ1) is 18.4. The molecule has 1 unspecified atom stereocenters. The van der Waals surface area contributed by atoms with E-state index in [1.165, 1.54) is 0 Å². The first-order valence-corrected chi connectivity index (χ1v) is 14.5. The Bertz CT molecular complexity index is 1390. The van der Waals surface area contributed by atoms with Crippen molar-refractivity contribution < 1.29 is 14.3 Å². The number of imidazole rings is 1. The van der Waals surface area contributed by atoms with Gasteiger partial charge in [-0.2, -0.15) is 0 Å². The van der Waals surface area contributed by atoms with Crippen LogP contribution >= 0.6 is 11.3 Å². The summed E-state index contributed by atoms with van der Waals surface area (Å²) < 4.78 is 8.40. The molecule has 3 aliphatic rings. The zero-order chi connectivity index (χ0) is 26.4. The van der Waals surface area contributed by atoms with E-state index in [-0.39, 0.29) is 30.5 Å². The minimum absolute atomic E-state index is 0.0740. The van der Waals surface area contributed by atoms with Crippen molar-refractivity contribution in [3.63, 3.8) is 0 Å². The zero-order valence-electron chi connectivity index (χ0n) is 22.2. The van der Waals surface area contributed by atoms with Crippen LogP contribution in [0, 0.1) is 13.8 Å². The quantitative estimate of drug-likeness (QED) is 0.496. The number of aromatic nitrogens is 4. The number of amides is 2. The van der Waals surface area contributed by atoms with Gasteiger partial charge in [0, 0.05) is 32.0 Å². The van der Waals surface area contributed by atoms with Gasteiger partial charge in [-0.05, 0) is 58.1 Å². The molecule has 1 N–H and O–H groups in total. The highest BCUT2D eigenvalue weighted by Gasteiger charge is 2.39. The number of nitrogens with zero attached hydrogens (tertiary/aromatic N) is 5. The summed E-state index contributed by atoms with van der Waals surface area (Å²) >= 11 is 1.66. The summed E-state index contributed by atoms with van der Waals surface area (Å²) in [6.07, 6.45) is 6.66. The van der Waals surface area contributed by atoms with E-state index in [0.717, 1.165) is 77.9 Å². The number of hydrogen-bond acceptors (Lipinski definition) is 7. The van der Waals surface area contributed by atoms with Gasteiger partial charge in [-0.1, -0.05) is 6.92 Å². The normalized spacial score (nSPS) is 18.6. The number of fused-ring (bicyclic) bond motifs is 3. The number of ether oxygens (including phenoxy) is 1. The molecule has 1 aliphatic carbocycles. The van der Waals surface area contributed by atoms with Crippen LogP contribution in [0.15, 0.2) is 12.1 Å². The summed E-state index contributed by atoms with van der Waals surface area (Å²) in [5.41, 5.74) is 4.29. The Balaban J connectivity index is 1.25. The highest BCUT2D eigenvalue weighted by Crippen LogP contribution is 2.41. The third-order valence-corrected chi connectivity index (χ3v) is 8.75. The molecule has 3 aromatic rings. The number of carbonyl (C=O) groups excluding carboxylic acids is 2. The summed E-state index contributed by atoms with van der Waals surface area (Å²) in [6, 6.07) is 3.50. The molecule has 10 heteroatoms. The van der Waals surface area contributed by atoms with Crippen LogP contribution in [0.4, 0.5) is 0 Å². The van der Waals surface area contributed by atoms with Crippen molar-refractivity contribution in [1.29, 1.82) is 0 Å². The molecule has 3 aromatic heterocycles. The molecule has 5 heterocycles. The van der Waals surface area contributed by atoms with E-state index >= 15 is 0 Å². The van der Waals surface area contributed by atoms with E-state index in [0.29, 0.717) is 30.1 Å². The molecule has 2 amide bonds. The highest BCUT2D eigenvalue weighted by atomic mass is 32.1. The molecule has 0 saturated heterocycles. The smallest absolute Gasteiger partial charge is 0.270 e. The van der Waals surface area contributed by atoms with Gasteiger partial charge in [-0.3, -0.25) is 9.59 Å². The van der Waals surface area contributed by atoms with Gasteiger partial charge in [0.05, 0.1) is 32.7 Å². The molecule has 1 atom stereocenters. The van der Waals surface area contributed by atoms with E-state index in [1.807, 2.05) is 25.7 Å². The summed E-state index contributed by atoms with van der Waals surface area (Å²) in [5, 5.41) is 3.97. The number of rotatable bonds is 7. The summed E-state index contributed by atoms with van der Waals surface area (Å²) in [7, 11) is 0. The van der Waals surface area contributed by atoms with E-state index < -0.39 is 0 Å². The van der Waals surface area contributed by atoms with Gasteiger partial charge in [-0.25, -0.2) is 15.0 Å². The summed E-state index contributed by atoms with van der Waals surface area (Å²) in [4.78, 5) is 43.5. The maximum Gasteiger partial charge on any atom is 0.270 e. The van der Waals surface area contributed by atoms with Gasteiger partial charge in [0.25, 0.3) is 11.8 Å². The first-order valence-electron chi connectivity index (χ1n) is 13.7. The lowest BCUT2D eigenvalue weighted by Gasteiger charge is -2.36. The molecule has 0 bridgehead atoms. The monoisotopic (exact) mass is 534 g/mol. The van der Waals surface area contributed by atoms with E-state index in [1.54, 1.807) is 23.5 Å². The molecule has 0 aromatic carbocycles. The van der Waals surface area contributed by atoms with Crippen LogP contribution in [0.1, 0.15) is 87.6 Å². The van der Waals surface area contributed by atoms with Gasteiger partial charge in [0.2, 0.25) is 0 Å². The second-order valence-corrected chi connectivity index (χ2v) is 11.7. The van der Waals surface area contributed by atoms with Gasteiger partial charge in [0.15, 0.2) is 6.61 Å². The molecule has 0 spiro atoms. The van der Waals surface area contributed by atoms with Crippen molar-refractivity contribution in [2.45, 2.75) is 84.3 Å². The minimum atomic E-state index is -0.210. The Kier molecular flexibility index (Phi) is 6.67. The Morgan fingerprint density at radius 3 is 2.68 bits per heavy atom. The van der Waals surface area contributed by atoms with Crippen molar-refractivity contribution in [3.8, 4) is 5.75 Å². The fourth-order valence-electron chi connectivity index (χ4n) is 5.60. The molecular formula is C28H34N6O3S. The SMILES string of the molecule is CCc1nc(C(=O)NC2CC2)ccc1OCC(=O)N1CCc2nc3n(c2C1c1sc(C)nc1C)CCCC3. The third-order valence-electron chi connectivity index (χ3n) is 7.63. The van der Waals surface area contributed by atoms with Crippen LogP contribution in [0.5, 0.6) is 5.75 Å². The van der Waals surface area contributed by atoms with E-state index in [4.69, 9.17) is 9.72 Å². The van der Waals surface area contributed by atoms with Crippen LogP contribution in [-0.4, -0.2) is 55.4 Å². The number of thiazole rings is 1. The van der Waals surface area contributed by atoms with Crippen LogP contribution in [0.2, 0.25) is 0 Å². The summed E-state index contributed by atoms with van der Waals surface area (Å²) in [5.74, 6) is 1.45. The summed E-state index contributed by atoms with van der Waals surface area (Å²) in [6.45, 7) is 7.45. The Hall–Kier alpha value is -3.27. The third kappa shape index (κ3) is 4.70. The predicted octanol–water partition coefficient (Wildman–Crippen LogP) is 3.70.